The fourth-order valence-electron chi connectivity index (χ4n) is 3.91. The summed E-state index contributed by atoms with van der Waals surface area (Å²) in [5, 5.41) is 16.9. The van der Waals surface area contributed by atoms with Crippen LogP contribution >= 0.6 is 0 Å². The highest BCUT2D eigenvalue weighted by atomic mass is 19.3. The van der Waals surface area contributed by atoms with Crippen LogP contribution in [0.5, 0.6) is 0 Å². The van der Waals surface area contributed by atoms with Gasteiger partial charge in [-0.1, -0.05) is 12.8 Å². The summed E-state index contributed by atoms with van der Waals surface area (Å²) in [6, 6.07) is 4.11. The number of carbonyl (C=O) groups is 1. The van der Waals surface area contributed by atoms with Crippen molar-refractivity contribution in [1.82, 2.24) is 19.9 Å². The van der Waals surface area contributed by atoms with Gasteiger partial charge in [0.2, 0.25) is 0 Å². The van der Waals surface area contributed by atoms with E-state index in [1.807, 2.05) is 0 Å². The molecule has 0 aromatic carbocycles. The van der Waals surface area contributed by atoms with Crippen molar-refractivity contribution in [2.75, 3.05) is 24.7 Å². The summed E-state index contributed by atoms with van der Waals surface area (Å²) in [5.74, 6) is -2.54. The minimum atomic E-state index is -2.73. The summed E-state index contributed by atoms with van der Waals surface area (Å²) in [7, 11) is 3.08. The van der Waals surface area contributed by atoms with Crippen molar-refractivity contribution in [2.24, 2.45) is 5.73 Å². The molecule has 10 nitrogen and oxygen atoms in total. The van der Waals surface area contributed by atoms with Gasteiger partial charge < -0.3 is 31.4 Å². The molecule has 0 unspecified atom stereocenters. The summed E-state index contributed by atoms with van der Waals surface area (Å²) in [5.41, 5.74) is 5.30. The molecule has 0 spiro atoms. The Bertz CT molecular complexity index is 1120. The number of alkyl halides is 2. The largest absolute Gasteiger partial charge is 0.404 e. The highest BCUT2D eigenvalue weighted by Crippen LogP contribution is 2.44. The van der Waals surface area contributed by atoms with E-state index in [-0.39, 0.29) is 41.8 Å². The number of nitrogens with zero attached hydrogens (tertiary/aromatic N) is 3. The third kappa shape index (κ3) is 6.53. The molecular weight excluding hydrogens is 460 g/mol. The van der Waals surface area contributed by atoms with Crippen LogP contribution in [0.2, 0.25) is 0 Å². The molecule has 2 aliphatic carbocycles. The zero-order valence-corrected chi connectivity index (χ0v) is 19.7. The highest BCUT2D eigenvalue weighted by molar-refractivity contribution is 6.18. The molecule has 2 aliphatic rings. The minimum Gasteiger partial charge on any atom is -0.404 e. The molecule has 0 atom stereocenters. The van der Waals surface area contributed by atoms with E-state index in [1.165, 1.54) is 42.8 Å². The van der Waals surface area contributed by atoms with Gasteiger partial charge >= 0.3 is 0 Å². The number of hydrogen-bond donors (Lipinski definition) is 5. The standard InChI is InChI=1S/C18H21F2N7O2.C5H10O/c1-22-13-6-14(26-15(25-13)11(9-21)16(28)23-2)24-12-4-3-5-27(17(12)29)10-7-18(19,20)8-10;6-5-3-1-2-4-5/h3-6,9-10H,7-8,21H2,1-2H3,(H,23,28)(H2,22,24,25,26);5-6H,1-4H2/b11-9+;. The number of nitrogens with one attached hydrogen (secondary N) is 3. The molecule has 1 amide bonds. The average molecular weight is 492 g/mol. The summed E-state index contributed by atoms with van der Waals surface area (Å²) in [6.07, 6.45) is 6.44. The Morgan fingerprint density at radius 2 is 1.89 bits per heavy atom. The van der Waals surface area contributed by atoms with Gasteiger partial charge in [-0.3, -0.25) is 9.59 Å². The molecule has 0 saturated heterocycles. The number of halogens is 2. The van der Waals surface area contributed by atoms with Gasteiger partial charge in [-0.2, -0.15) is 0 Å². The Morgan fingerprint density at radius 1 is 1.23 bits per heavy atom. The summed E-state index contributed by atoms with van der Waals surface area (Å²) >= 11 is 0. The molecule has 0 radical (unpaired) electrons. The lowest BCUT2D eigenvalue weighted by Crippen LogP contribution is -2.41. The molecule has 0 bridgehead atoms. The van der Waals surface area contributed by atoms with E-state index in [1.54, 1.807) is 13.1 Å². The van der Waals surface area contributed by atoms with Crippen molar-refractivity contribution in [1.29, 1.82) is 0 Å². The number of aliphatic hydroxyl groups excluding tert-OH is 1. The number of nitrogens with two attached hydrogens (primary N) is 1. The normalized spacial score (nSPS) is 17.7. The van der Waals surface area contributed by atoms with Crippen molar-refractivity contribution < 1.29 is 18.7 Å². The van der Waals surface area contributed by atoms with Crippen LogP contribution in [-0.4, -0.2) is 51.7 Å². The summed E-state index contributed by atoms with van der Waals surface area (Å²) in [6.45, 7) is 0. The first-order chi connectivity index (χ1) is 16.7. The molecule has 35 heavy (non-hydrogen) atoms. The molecule has 2 heterocycles. The van der Waals surface area contributed by atoms with Gasteiger partial charge in [0.15, 0.2) is 5.82 Å². The van der Waals surface area contributed by atoms with Crippen LogP contribution in [-0.2, 0) is 4.79 Å². The predicted molar refractivity (Wildman–Crippen MR) is 129 cm³/mol. The highest BCUT2D eigenvalue weighted by Gasteiger charge is 2.46. The van der Waals surface area contributed by atoms with Crippen LogP contribution < -0.4 is 27.2 Å². The molecule has 2 aromatic heterocycles. The first-order valence-corrected chi connectivity index (χ1v) is 11.4. The van der Waals surface area contributed by atoms with E-state index in [4.69, 9.17) is 10.8 Å². The fraction of sp³-hybridized carbons (Fsp3) is 0.478. The minimum absolute atomic E-state index is 0.0463. The number of aromatic nitrogens is 3. The number of pyridine rings is 1. The maximum absolute atomic E-state index is 13.2. The second-order valence-corrected chi connectivity index (χ2v) is 8.49. The van der Waals surface area contributed by atoms with E-state index in [0.717, 1.165) is 19.0 Å². The predicted octanol–water partition coefficient (Wildman–Crippen LogP) is 2.36. The van der Waals surface area contributed by atoms with Gasteiger partial charge in [0, 0.05) is 51.4 Å². The van der Waals surface area contributed by atoms with Crippen molar-refractivity contribution in [3.8, 4) is 0 Å². The van der Waals surface area contributed by atoms with Crippen LogP contribution in [0.4, 0.5) is 26.1 Å². The Balaban J connectivity index is 0.000000497. The Labute approximate surface area is 201 Å². The maximum atomic E-state index is 13.2. The first-order valence-electron chi connectivity index (χ1n) is 11.4. The van der Waals surface area contributed by atoms with Crippen molar-refractivity contribution >= 4 is 28.8 Å². The number of anilines is 3. The molecule has 190 valence electrons. The van der Waals surface area contributed by atoms with Gasteiger partial charge in [-0.05, 0) is 25.0 Å². The first kappa shape index (κ1) is 26.1. The molecule has 4 rings (SSSR count). The van der Waals surface area contributed by atoms with E-state index in [0.29, 0.717) is 5.82 Å². The number of hydrogen-bond acceptors (Lipinski definition) is 8. The van der Waals surface area contributed by atoms with Gasteiger partial charge in [0.1, 0.15) is 17.3 Å². The number of amides is 1. The monoisotopic (exact) mass is 491 g/mol. The number of rotatable bonds is 6. The van der Waals surface area contributed by atoms with E-state index in [9.17, 15) is 18.4 Å². The molecule has 6 N–H and O–H groups in total. The van der Waals surface area contributed by atoms with E-state index < -0.39 is 23.4 Å². The van der Waals surface area contributed by atoms with E-state index in [2.05, 4.69) is 25.9 Å². The molecule has 12 heteroatoms. The van der Waals surface area contributed by atoms with Crippen LogP contribution in [0.25, 0.3) is 5.57 Å². The zero-order chi connectivity index (χ0) is 25.6. The third-order valence-electron chi connectivity index (χ3n) is 5.89. The smallest absolute Gasteiger partial charge is 0.274 e. The van der Waals surface area contributed by atoms with Gasteiger partial charge in [0.25, 0.3) is 17.4 Å². The lowest BCUT2D eigenvalue weighted by atomic mass is 9.88. The number of aliphatic hydroxyl groups is 1. The van der Waals surface area contributed by atoms with Gasteiger partial charge in [0.05, 0.1) is 11.7 Å². The van der Waals surface area contributed by atoms with Crippen LogP contribution in [0, 0.1) is 0 Å². The second-order valence-electron chi connectivity index (χ2n) is 8.49. The lowest BCUT2D eigenvalue weighted by molar-refractivity contribution is -0.115. The van der Waals surface area contributed by atoms with Crippen LogP contribution in [0.3, 0.4) is 0 Å². The SMILES string of the molecule is CNC(=O)/C(=C/N)c1nc(NC)cc(Nc2cccn(C3CC(F)(F)C3)c2=O)n1.OC1CCCC1. The average Bonchev–Trinajstić information content (AvgIpc) is 3.30. The van der Waals surface area contributed by atoms with E-state index >= 15 is 0 Å². The molecule has 2 saturated carbocycles. The maximum Gasteiger partial charge on any atom is 0.274 e. The number of likely N-dealkylation sites (N-methyl/N-ethyl adjacent to an activating group) is 1. The lowest BCUT2D eigenvalue weighted by Gasteiger charge is -2.36. The van der Waals surface area contributed by atoms with Crippen LogP contribution in [0.1, 0.15) is 50.4 Å². The van der Waals surface area contributed by atoms with Crippen molar-refractivity contribution in [2.45, 2.75) is 56.6 Å². The summed E-state index contributed by atoms with van der Waals surface area (Å²) < 4.78 is 27.7. The van der Waals surface area contributed by atoms with Crippen molar-refractivity contribution in [3.63, 3.8) is 0 Å². The van der Waals surface area contributed by atoms with Crippen molar-refractivity contribution in [3.05, 3.63) is 46.8 Å². The topological polar surface area (TPSA) is 147 Å². The van der Waals surface area contributed by atoms with Gasteiger partial charge in [-0.15, -0.1) is 0 Å². The molecule has 2 fully saturated rings. The molecule has 2 aromatic rings. The molecular formula is C23H31F2N7O3. The Hall–Kier alpha value is -3.54. The third-order valence-corrected chi connectivity index (χ3v) is 5.89. The second kappa shape index (κ2) is 11.3. The fourth-order valence-corrected chi connectivity index (χ4v) is 3.91. The molecule has 0 aliphatic heterocycles. The van der Waals surface area contributed by atoms with Crippen LogP contribution in [0.15, 0.2) is 35.4 Å². The zero-order valence-electron chi connectivity index (χ0n) is 19.7. The quantitative estimate of drug-likeness (QED) is 0.387. The van der Waals surface area contributed by atoms with Gasteiger partial charge in [-0.25, -0.2) is 18.7 Å². The number of carbonyl (C=O) groups excluding carboxylic acids is 1. The Morgan fingerprint density at radius 3 is 2.40 bits per heavy atom. The Kier molecular flexibility index (Phi) is 8.39. The summed E-state index contributed by atoms with van der Waals surface area (Å²) in [4.78, 5) is 33.1.